The van der Waals surface area contributed by atoms with Gasteiger partial charge in [0.1, 0.15) is 17.7 Å². The van der Waals surface area contributed by atoms with Gasteiger partial charge in [-0.15, -0.1) is 5.10 Å². The number of aromatic nitrogens is 4. The van der Waals surface area contributed by atoms with Gasteiger partial charge in [0.2, 0.25) is 5.91 Å². The Morgan fingerprint density at radius 2 is 2.26 bits per heavy atom. The molecule has 1 amide bonds. The number of benzene rings is 1. The lowest BCUT2D eigenvalue weighted by molar-refractivity contribution is -0.117. The summed E-state index contributed by atoms with van der Waals surface area (Å²) < 4.78 is 11.7. The largest absolute Gasteiger partial charge is 0.494 e. The van der Waals surface area contributed by atoms with Gasteiger partial charge in [-0.3, -0.25) is 4.79 Å². The molecule has 0 fully saturated rings. The van der Waals surface area contributed by atoms with Crippen molar-refractivity contribution in [2.75, 3.05) is 7.11 Å². The maximum Gasteiger partial charge on any atom is 0.225 e. The summed E-state index contributed by atoms with van der Waals surface area (Å²) in [6.45, 7) is 0. The quantitative estimate of drug-likeness (QED) is 0.759. The van der Waals surface area contributed by atoms with E-state index >= 15 is 0 Å². The van der Waals surface area contributed by atoms with E-state index in [1.807, 2.05) is 0 Å². The number of carbonyl (C=O) groups excluding carboxylic acids is 1. The fourth-order valence-electron chi connectivity index (χ4n) is 2.08. The smallest absolute Gasteiger partial charge is 0.225 e. The van der Waals surface area contributed by atoms with Crippen LogP contribution in [0.15, 0.2) is 35.1 Å². The zero-order valence-corrected chi connectivity index (χ0v) is 12.8. The minimum absolute atomic E-state index is 0.0965. The second-order valence-corrected chi connectivity index (χ2v) is 5.04. The average Bonchev–Trinajstić information content (AvgIpc) is 3.15. The number of carbonyl (C=O) groups is 1. The minimum Gasteiger partial charge on any atom is -0.494 e. The van der Waals surface area contributed by atoms with E-state index in [-0.39, 0.29) is 12.2 Å². The van der Waals surface area contributed by atoms with Crippen LogP contribution in [0, 0.1) is 0 Å². The van der Waals surface area contributed by atoms with Crippen LogP contribution in [0.1, 0.15) is 5.82 Å². The van der Waals surface area contributed by atoms with Gasteiger partial charge in [-0.05, 0) is 18.2 Å². The van der Waals surface area contributed by atoms with Crippen molar-refractivity contribution in [3.63, 3.8) is 0 Å². The Labute approximate surface area is 135 Å². The van der Waals surface area contributed by atoms with E-state index in [0.29, 0.717) is 28.0 Å². The van der Waals surface area contributed by atoms with Crippen molar-refractivity contribution in [1.29, 1.82) is 0 Å². The number of halogens is 1. The van der Waals surface area contributed by atoms with Crippen LogP contribution in [0.4, 0.5) is 0 Å². The normalized spacial score (nSPS) is 10.7. The maximum absolute atomic E-state index is 11.1. The van der Waals surface area contributed by atoms with Crippen LogP contribution in [0.25, 0.3) is 17.2 Å². The molecule has 0 atom stereocenters. The Balaban J connectivity index is 2.19. The van der Waals surface area contributed by atoms with Gasteiger partial charge in [-0.1, -0.05) is 16.8 Å². The predicted molar refractivity (Wildman–Crippen MR) is 81.3 cm³/mol. The standard InChI is InChI=1S/C14H12ClN5O3/c1-22-11-3-2-8(15)6-10(11)20-14(9-4-5-23-19-9)17-13(18-20)7-12(16)21/h2-6H,7H2,1H3,(H2,16,21). The van der Waals surface area contributed by atoms with Crippen LogP contribution in [-0.2, 0) is 11.2 Å². The van der Waals surface area contributed by atoms with Crippen LogP contribution in [0.3, 0.4) is 0 Å². The van der Waals surface area contributed by atoms with Gasteiger partial charge in [0.15, 0.2) is 17.3 Å². The van der Waals surface area contributed by atoms with Crippen molar-refractivity contribution in [2.24, 2.45) is 5.73 Å². The van der Waals surface area contributed by atoms with Crippen molar-refractivity contribution in [3.05, 3.63) is 41.4 Å². The van der Waals surface area contributed by atoms with Crippen LogP contribution >= 0.6 is 11.6 Å². The second kappa shape index (κ2) is 6.09. The molecule has 0 spiro atoms. The third-order valence-corrected chi connectivity index (χ3v) is 3.25. The SMILES string of the molecule is COc1ccc(Cl)cc1-n1nc(CC(N)=O)nc1-c1ccon1. The zero-order chi connectivity index (χ0) is 16.4. The molecular formula is C14H12ClN5O3. The highest BCUT2D eigenvalue weighted by molar-refractivity contribution is 6.30. The van der Waals surface area contributed by atoms with Crippen LogP contribution in [0.5, 0.6) is 5.75 Å². The van der Waals surface area contributed by atoms with Crippen LogP contribution < -0.4 is 10.5 Å². The van der Waals surface area contributed by atoms with E-state index in [1.165, 1.54) is 18.1 Å². The molecule has 0 aliphatic heterocycles. The molecule has 1 aromatic carbocycles. The minimum atomic E-state index is -0.535. The Morgan fingerprint density at radius 3 is 2.91 bits per heavy atom. The highest BCUT2D eigenvalue weighted by Crippen LogP contribution is 2.29. The fourth-order valence-corrected chi connectivity index (χ4v) is 2.24. The first-order valence-electron chi connectivity index (χ1n) is 6.57. The van der Waals surface area contributed by atoms with E-state index in [4.69, 9.17) is 26.6 Å². The van der Waals surface area contributed by atoms with Gasteiger partial charge in [-0.25, -0.2) is 9.67 Å². The van der Waals surface area contributed by atoms with E-state index in [2.05, 4.69) is 15.2 Å². The molecule has 3 aromatic rings. The molecule has 0 radical (unpaired) electrons. The summed E-state index contributed by atoms with van der Waals surface area (Å²) in [4.78, 5) is 15.4. The molecule has 118 valence electrons. The van der Waals surface area contributed by atoms with E-state index in [0.717, 1.165) is 0 Å². The third-order valence-electron chi connectivity index (χ3n) is 3.02. The van der Waals surface area contributed by atoms with Crippen LogP contribution in [0.2, 0.25) is 5.02 Å². The zero-order valence-electron chi connectivity index (χ0n) is 12.1. The van der Waals surface area contributed by atoms with Gasteiger partial charge in [0.05, 0.1) is 13.5 Å². The summed E-state index contributed by atoms with van der Waals surface area (Å²) >= 11 is 6.07. The summed E-state index contributed by atoms with van der Waals surface area (Å²) in [5, 5.41) is 8.66. The summed E-state index contributed by atoms with van der Waals surface area (Å²) in [5.41, 5.74) is 6.22. The number of nitrogens with two attached hydrogens (primary N) is 1. The molecule has 2 N–H and O–H groups in total. The molecule has 0 saturated carbocycles. The Bertz CT molecular complexity index is 844. The molecule has 0 saturated heterocycles. The van der Waals surface area contributed by atoms with Crippen LogP contribution in [-0.4, -0.2) is 32.9 Å². The molecule has 2 aromatic heterocycles. The predicted octanol–water partition coefficient (Wildman–Crippen LogP) is 1.61. The monoisotopic (exact) mass is 333 g/mol. The number of amides is 1. The number of hydrogen-bond acceptors (Lipinski definition) is 6. The third kappa shape index (κ3) is 3.02. The number of hydrogen-bond donors (Lipinski definition) is 1. The first kappa shape index (κ1) is 15.0. The molecule has 9 heteroatoms. The van der Waals surface area contributed by atoms with Crippen molar-refractivity contribution < 1.29 is 14.1 Å². The number of methoxy groups -OCH3 is 1. The molecule has 23 heavy (non-hydrogen) atoms. The van der Waals surface area contributed by atoms with Crippen molar-refractivity contribution in [3.8, 4) is 23.0 Å². The molecule has 3 rings (SSSR count). The molecule has 0 unspecified atom stereocenters. The summed E-state index contributed by atoms with van der Waals surface area (Å²) in [6, 6.07) is 6.71. The number of ether oxygens (including phenoxy) is 1. The van der Waals surface area contributed by atoms with E-state index < -0.39 is 5.91 Å². The Hall–Kier alpha value is -2.87. The highest BCUT2D eigenvalue weighted by Gasteiger charge is 2.19. The molecule has 0 aliphatic carbocycles. The molecule has 0 aliphatic rings. The lowest BCUT2D eigenvalue weighted by Crippen LogP contribution is -2.14. The van der Waals surface area contributed by atoms with Gasteiger partial charge in [0.25, 0.3) is 0 Å². The first-order valence-corrected chi connectivity index (χ1v) is 6.95. The van der Waals surface area contributed by atoms with Gasteiger partial charge >= 0.3 is 0 Å². The lowest BCUT2D eigenvalue weighted by atomic mass is 10.3. The summed E-state index contributed by atoms with van der Waals surface area (Å²) in [5.74, 6) is 0.648. The highest BCUT2D eigenvalue weighted by atomic mass is 35.5. The lowest BCUT2D eigenvalue weighted by Gasteiger charge is -2.10. The molecule has 2 heterocycles. The van der Waals surface area contributed by atoms with Gasteiger partial charge < -0.3 is 15.0 Å². The van der Waals surface area contributed by atoms with Gasteiger partial charge in [-0.2, -0.15) is 0 Å². The second-order valence-electron chi connectivity index (χ2n) is 4.61. The Morgan fingerprint density at radius 1 is 1.43 bits per heavy atom. The van der Waals surface area contributed by atoms with E-state index in [9.17, 15) is 4.79 Å². The van der Waals surface area contributed by atoms with Crippen molar-refractivity contribution in [1.82, 2.24) is 19.9 Å². The average molecular weight is 334 g/mol. The Kier molecular flexibility index (Phi) is 3.98. The molecule has 0 bridgehead atoms. The van der Waals surface area contributed by atoms with E-state index in [1.54, 1.807) is 24.3 Å². The van der Waals surface area contributed by atoms with Crippen molar-refractivity contribution in [2.45, 2.75) is 6.42 Å². The number of primary amides is 1. The molecule has 8 nitrogen and oxygen atoms in total. The fraction of sp³-hybridized carbons (Fsp3) is 0.143. The number of rotatable bonds is 5. The topological polar surface area (TPSA) is 109 Å². The van der Waals surface area contributed by atoms with Crippen molar-refractivity contribution >= 4 is 17.5 Å². The number of nitrogens with zero attached hydrogens (tertiary/aromatic N) is 4. The summed E-state index contributed by atoms with van der Waals surface area (Å²) in [7, 11) is 1.53. The van der Waals surface area contributed by atoms with Gasteiger partial charge in [0, 0.05) is 11.1 Å². The summed E-state index contributed by atoms with van der Waals surface area (Å²) in [6.07, 6.45) is 1.32. The first-order chi connectivity index (χ1) is 11.1. The maximum atomic E-state index is 11.1. The molecular weight excluding hydrogens is 322 g/mol.